The molecule has 32 heavy (non-hydrogen) atoms. The van der Waals surface area contributed by atoms with Crippen LogP contribution >= 0.6 is 11.3 Å². The fraction of sp³-hybridized carbons (Fsp3) is 0.208. The predicted octanol–water partition coefficient (Wildman–Crippen LogP) is 4.60. The molecular formula is C24H24N2O5S. The first-order valence-electron chi connectivity index (χ1n) is 9.89. The minimum atomic E-state index is -0.635. The largest absolute Gasteiger partial charge is 0.496 e. The Labute approximate surface area is 190 Å². The molecule has 2 aromatic carbocycles. The van der Waals surface area contributed by atoms with Gasteiger partial charge in [-0.3, -0.25) is 9.59 Å². The average molecular weight is 453 g/mol. The van der Waals surface area contributed by atoms with Gasteiger partial charge in [0, 0.05) is 0 Å². The number of anilines is 1. The maximum absolute atomic E-state index is 13.0. The molecule has 0 spiro atoms. The first-order valence-corrected chi connectivity index (χ1v) is 10.7. The second-order valence-electron chi connectivity index (χ2n) is 7.01. The van der Waals surface area contributed by atoms with Crippen molar-refractivity contribution in [2.75, 3.05) is 19.5 Å². The molecule has 7 nitrogen and oxygen atoms in total. The van der Waals surface area contributed by atoms with E-state index < -0.39 is 11.9 Å². The van der Waals surface area contributed by atoms with Crippen LogP contribution in [0, 0.1) is 6.92 Å². The van der Waals surface area contributed by atoms with E-state index in [0.29, 0.717) is 21.8 Å². The number of nitrogens with one attached hydrogen (secondary N) is 2. The Balaban J connectivity index is 1.91. The number of thiophene rings is 1. The highest BCUT2D eigenvalue weighted by atomic mass is 32.1. The highest BCUT2D eigenvalue weighted by molar-refractivity contribution is 7.18. The molecule has 2 N–H and O–H groups in total. The van der Waals surface area contributed by atoms with Gasteiger partial charge in [0.15, 0.2) is 0 Å². The second-order valence-corrected chi connectivity index (χ2v) is 8.03. The minimum Gasteiger partial charge on any atom is -0.496 e. The molecule has 1 aromatic heterocycles. The lowest BCUT2D eigenvalue weighted by molar-refractivity contribution is 0.0601. The number of rotatable bonds is 7. The molecule has 0 saturated carbocycles. The Hall–Kier alpha value is -3.65. The summed E-state index contributed by atoms with van der Waals surface area (Å²) >= 11 is 1.03. The number of methoxy groups -OCH3 is 2. The van der Waals surface area contributed by atoms with Crippen molar-refractivity contribution >= 4 is 34.1 Å². The van der Waals surface area contributed by atoms with E-state index in [9.17, 15) is 14.4 Å². The molecule has 0 saturated heterocycles. The molecule has 1 heterocycles. The van der Waals surface area contributed by atoms with Crippen LogP contribution in [0.3, 0.4) is 0 Å². The molecule has 166 valence electrons. The highest BCUT2D eigenvalue weighted by Crippen LogP contribution is 2.35. The summed E-state index contributed by atoms with van der Waals surface area (Å²) in [4.78, 5) is 38.6. The first kappa shape index (κ1) is 23.0. The van der Waals surface area contributed by atoms with Gasteiger partial charge in [0.2, 0.25) is 0 Å². The summed E-state index contributed by atoms with van der Waals surface area (Å²) in [5.74, 6) is -1.04. The molecular weight excluding hydrogens is 428 g/mol. The van der Waals surface area contributed by atoms with Crippen molar-refractivity contribution < 1.29 is 23.9 Å². The van der Waals surface area contributed by atoms with Gasteiger partial charge in [0.25, 0.3) is 11.8 Å². The third-order valence-corrected chi connectivity index (χ3v) is 6.17. The monoisotopic (exact) mass is 452 g/mol. The van der Waals surface area contributed by atoms with Gasteiger partial charge in [0.05, 0.1) is 36.3 Å². The zero-order valence-corrected chi connectivity index (χ0v) is 19.0. The number of carbonyl (C=O) groups is 3. The van der Waals surface area contributed by atoms with Crippen molar-refractivity contribution in [3.05, 3.63) is 81.7 Å². The van der Waals surface area contributed by atoms with Crippen molar-refractivity contribution in [2.24, 2.45) is 0 Å². The van der Waals surface area contributed by atoms with Crippen LogP contribution in [0.4, 0.5) is 5.00 Å². The molecule has 1 unspecified atom stereocenters. The lowest BCUT2D eigenvalue weighted by Gasteiger charge is -2.14. The Morgan fingerprint density at radius 2 is 1.59 bits per heavy atom. The number of para-hydroxylation sites is 1. The predicted molar refractivity (Wildman–Crippen MR) is 124 cm³/mol. The molecule has 0 aliphatic carbocycles. The summed E-state index contributed by atoms with van der Waals surface area (Å²) < 4.78 is 10.1. The van der Waals surface area contributed by atoms with Crippen LogP contribution in [-0.4, -0.2) is 32.0 Å². The maximum Gasteiger partial charge on any atom is 0.341 e. The molecule has 3 rings (SSSR count). The smallest absolute Gasteiger partial charge is 0.341 e. The minimum absolute atomic E-state index is 0.151. The van der Waals surface area contributed by atoms with E-state index in [1.807, 2.05) is 37.3 Å². The summed E-state index contributed by atoms with van der Waals surface area (Å²) in [5, 5.41) is 5.92. The highest BCUT2D eigenvalue weighted by Gasteiger charge is 2.27. The summed E-state index contributed by atoms with van der Waals surface area (Å²) in [6.45, 7) is 3.53. The summed E-state index contributed by atoms with van der Waals surface area (Å²) in [6.07, 6.45) is 0. The maximum atomic E-state index is 13.0. The number of carbonyl (C=O) groups excluding carboxylic acids is 3. The van der Waals surface area contributed by atoms with E-state index >= 15 is 0 Å². The third kappa shape index (κ3) is 4.81. The quantitative estimate of drug-likeness (QED) is 0.511. The third-order valence-electron chi connectivity index (χ3n) is 4.97. The second kappa shape index (κ2) is 10.1. The van der Waals surface area contributed by atoms with Crippen molar-refractivity contribution in [3.63, 3.8) is 0 Å². The van der Waals surface area contributed by atoms with Gasteiger partial charge in [-0.15, -0.1) is 11.3 Å². The van der Waals surface area contributed by atoms with Crippen LogP contribution in [0.1, 0.15) is 54.5 Å². The zero-order valence-electron chi connectivity index (χ0n) is 18.2. The van der Waals surface area contributed by atoms with Crippen LogP contribution in [0.25, 0.3) is 0 Å². The number of hydrogen-bond acceptors (Lipinski definition) is 6. The standard InChI is InChI=1S/C24H24N2O5S/c1-14-19(24(29)31-4)23(26-21(27)17-12-8-9-13-18(17)30-3)32-20(14)22(28)25-15(2)16-10-6-5-7-11-16/h5-13,15H,1-4H3,(H,25,28)(H,26,27). The van der Waals surface area contributed by atoms with Crippen LogP contribution < -0.4 is 15.4 Å². The molecule has 0 radical (unpaired) electrons. The molecule has 1 atom stereocenters. The lowest BCUT2D eigenvalue weighted by atomic mass is 10.1. The normalized spacial score (nSPS) is 11.4. The lowest BCUT2D eigenvalue weighted by Crippen LogP contribution is -2.26. The van der Waals surface area contributed by atoms with Gasteiger partial charge < -0.3 is 20.1 Å². The number of esters is 1. The molecule has 3 aromatic rings. The van der Waals surface area contributed by atoms with Gasteiger partial charge in [0.1, 0.15) is 10.8 Å². The van der Waals surface area contributed by atoms with E-state index in [4.69, 9.17) is 9.47 Å². The van der Waals surface area contributed by atoms with E-state index in [2.05, 4.69) is 10.6 Å². The molecule has 8 heteroatoms. The van der Waals surface area contributed by atoms with Crippen molar-refractivity contribution in [3.8, 4) is 5.75 Å². The Bertz CT molecular complexity index is 1140. The topological polar surface area (TPSA) is 93.7 Å². The zero-order chi connectivity index (χ0) is 23.3. The van der Waals surface area contributed by atoms with E-state index in [1.165, 1.54) is 14.2 Å². The fourth-order valence-electron chi connectivity index (χ4n) is 3.26. The number of benzene rings is 2. The van der Waals surface area contributed by atoms with Crippen molar-refractivity contribution in [1.82, 2.24) is 5.32 Å². The Morgan fingerprint density at radius 3 is 2.25 bits per heavy atom. The van der Waals surface area contributed by atoms with Gasteiger partial charge in [-0.05, 0) is 37.1 Å². The molecule has 0 bridgehead atoms. The van der Waals surface area contributed by atoms with Gasteiger partial charge in [-0.2, -0.15) is 0 Å². The summed E-state index contributed by atoms with van der Waals surface area (Å²) in [5.41, 5.74) is 1.85. The fourth-order valence-corrected chi connectivity index (χ4v) is 4.35. The first-order chi connectivity index (χ1) is 15.4. The summed E-state index contributed by atoms with van der Waals surface area (Å²) in [6, 6.07) is 16.0. The van der Waals surface area contributed by atoms with Gasteiger partial charge >= 0.3 is 5.97 Å². The van der Waals surface area contributed by atoms with E-state index in [1.54, 1.807) is 31.2 Å². The van der Waals surface area contributed by atoms with E-state index in [-0.39, 0.29) is 22.5 Å². The van der Waals surface area contributed by atoms with Gasteiger partial charge in [-0.1, -0.05) is 42.5 Å². The molecule has 2 amide bonds. The van der Waals surface area contributed by atoms with Crippen LogP contribution in [0.5, 0.6) is 5.75 Å². The molecule has 0 aliphatic heterocycles. The molecule has 0 aliphatic rings. The van der Waals surface area contributed by atoms with Crippen LogP contribution in [0.2, 0.25) is 0 Å². The van der Waals surface area contributed by atoms with Gasteiger partial charge in [-0.25, -0.2) is 4.79 Å². The number of amides is 2. The Morgan fingerprint density at radius 1 is 0.938 bits per heavy atom. The van der Waals surface area contributed by atoms with E-state index in [0.717, 1.165) is 16.9 Å². The average Bonchev–Trinajstić information content (AvgIpc) is 3.14. The number of hydrogen-bond donors (Lipinski definition) is 2. The molecule has 0 fully saturated rings. The Kier molecular flexibility index (Phi) is 7.27. The summed E-state index contributed by atoms with van der Waals surface area (Å²) in [7, 11) is 2.72. The van der Waals surface area contributed by atoms with Crippen molar-refractivity contribution in [1.29, 1.82) is 0 Å². The SMILES string of the molecule is COC(=O)c1c(NC(=O)c2ccccc2OC)sc(C(=O)NC(C)c2ccccc2)c1C. The van der Waals surface area contributed by atoms with Crippen LogP contribution in [0.15, 0.2) is 54.6 Å². The van der Waals surface area contributed by atoms with Crippen molar-refractivity contribution in [2.45, 2.75) is 19.9 Å². The number of ether oxygens (including phenoxy) is 2. The van der Waals surface area contributed by atoms with Crippen LogP contribution in [-0.2, 0) is 4.74 Å².